The fourth-order valence-corrected chi connectivity index (χ4v) is 1.81. The van der Waals surface area contributed by atoms with Crippen LogP contribution < -0.4 is 5.69 Å². The Morgan fingerprint density at radius 2 is 2.07 bits per heavy atom. The highest BCUT2D eigenvalue weighted by atomic mass is 79.9. The van der Waals surface area contributed by atoms with E-state index in [0.29, 0.717) is 6.54 Å². The molecule has 1 rings (SSSR count). The molecule has 1 heterocycles. The third kappa shape index (κ3) is 2.45. The lowest BCUT2D eigenvalue weighted by Gasteiger charge is -2.10. The molecule has 0 N–H and O–H groups in total. The number of alkyl halides is 1. The maximum absolute atomic E-state index is 11.5. The summed E-state index contributed by atoms with van der Waals surface area (Å²) in [6.07, 6.45) is 0.928. The van der Waals surface area contributed by atoms with E-state index in [4.69, 9.17) is 0 Å². The van der Waals surface area contributed by atoms with Crippen LogP contribution in [0.2, 0.25) is 0 Å². The van der Waals surface area contributed by atoms with E-state index in [2.05, 4.69) is 36.8 Å². The van der Waals surface area contributed by atoms with Gasteiger partial charge in [0.1, 0.15) is 0 Å². The number of hydrogen-bond donors (Lipinski definition) is 0. The molecule has 14 heavy (non-hydrogen) atoms. The SMILES string of the molecule is Cc1nc(=O)n(CCCBr)c(C)c1Br. The fraction of sp³-hybridized carbons (Fsp3) is 0.556. The molecule has 0 saturated heterocycles. The number of rotatable bonds is 3. The van der Waals surface area contributed by atoms with Crippen molar-refractivity contribution in [3.8, 4) is 0 Å². The highest BCUT2D eigenvalue weighted by Crippen LogP contribution is 2.16. The first-order valence-electron chi connectivity index (χ1n) is 4.37. The van der Waals surface area contributed by atoms with Crippen molar-refractivity contribution in [2.75, 3.05) is 5.33 Å². The quantitative estimate of drug-likeness (QED) is 0.801. The average molecular weight is 324 g/mol. The summed E-state index contributed by atoms with van der Waals surface area (Å²) in [6.45, 7) is 4.46. The van der Waals surface area contributed by atoms with E-state index in [9.17, 15) is 4.79 Å². The molecule has 0 atom stereocenters. The molecule has 0 saturated carbocycles. The molecule has 0 aliphatic carbocycles. The molecule has 1 aromatic heterocycles. The van der Waals surface area contributed by atoms with Crippen LogP contribution in [0.3, 0.4) is 0 Å². The minimum atomic E-state index is -0.163. The number of aryl methyl sites for hydroxylation is 1. The second-order valence-electron chi connectivity index (χ2n) is 3.07. The normalized spacial score (nSPS) is 10.6. The van der Waals surface area contributed by atoms with Crippen molar-refractivity contribution in [1.29, 1.82) is 0 Å². The standard InChI is InChI=1S/C9H12Br2N2O/c1-6-8(11)7(2)13(5-3-4-10)9(14)12-6/h3-5H2,1-2H3. The van der Waals surface area contributed by atoms with Crippen LogP contribution >= 0.6 is 31.9 Å². The van der Waals surface area contributed by atoms with Crippen LogP contribution in [0.25, 0.3) is 0 Å². The van der Waals surface area contributed by atoms with Gasteiger partial charge in [-0.3, -0.25) is 4.57 Å². The topological polar surface area (TPSA) is 34.9 Å². The molecule has 0 aliphatic heterocycles. The Balaban J connectivity index is 3.16. The number of nitrogens with zero attached hydrogens (tertiary/aromatic N) is 2. The largest absolute Gasteiger partial charge is 0.348 e. The third-order valence-corrected chi connectivity index (χ3v) is 3.76. The molecule has 3 nitrogen and oxygen atoms in total. The molecule has 0 aliphatic rings. The van der Waals surface area contributed by atoms with E-state index in [0.717, 1.165) is 27.6 Å². The summed E-state index contributed by atoms with van der Waals surface area (Å²) >= 11 is 6.76. The summed E-state index contributed by atoms with van der Waals surface area (Å²) in [5, 5.41) is 0.893. The summed E-state index contributed by atoms with van der Waals surface area (Å²) in [4.78, 5) is 15.5. The first-order chi connectivity index (χ1) is 6.57. The predicted octanol–water partition coefficient (Wildman–Crippen LogP) is 2.41. The molecule has 0 amide bonds. The molecule has 0 fully saturated rings. The summed E-state index contributed by atoms with van der Waals surface area (Å²) in [5.74, 6) is 0. The molecule has 0 aromatic carbocycles. The zero-order valence-electron chi connectivity index (χ0n) is 8.18. The maximum atomic E-state index is 11.5. The molecule has 78 valence electrons. The van der Waals surface area contributed by atoms with Crippen LogP contribution in [0.4, 0.5) is 0 Å². The fourth-order valence-electron chi connectivity index (χ4n) is 1.26. The maximum Gasteiger partial charge on any atom is 0.348 e. The van der Waals surface area contributed by atoms with E-state index >= 15 is 0 Å². The smallest absolute Gasteiger partial charge is 0.295 e. The molecule has 0 bridgehead atoms. The monoisotopic (exact) mass is 322 g/mol. The van der Waals surface area contributed by atoms with E-state index in [1.807, 2.05) is 13.8 Å². The third-order valence-electron chi connectivity index (χ3n) is 2.05. The first kappa shape index (κ1) is 11.9. The molecule has 0 spiro atoms. The van der Waals surface area contributed by atoms with Gasteiger partial charge in [0, 0.05) is 17.6 Å². The summed E-state index contributed by atoms with van der Waals surface area (Å²) in [5.41, 5.74) is 1.54. The number of hydrogen-bond acceptors (Lipinski definition) is 2. The van der Waals surface area contributed by atoms with E-state index in [1.165, 1.54) is 0 Å². The highest BCUT2D eigenvalue weighted by Gasteiger charge is 2.07. The van der Waals surface area contributed by atoms with Crippen LogP contribution in [-0.2, 0) is 6.54 Å². The molecular weight excluding hydrogens is 312 g/mol. The lowest BCUT2D eigenvalue weighted by molar-refractivity contribution is 0.615. The van der Waals surface area contributed by atoms with Gasteiger partial charge in [-0.1, -0.05) is 15.9 Å². The van der Waals surface area contributed by atoms with Crippen LogP contribution in [0.15, 0.2) is 9.27 Å². The van der Waals surface area contributed by atoms with Gasteiger partial charge < -0.3 is 0 Å². The van der Waals surface area contributed by atoms with Crippen LogP contribution in [0, 0.1) is 13.8 Å². The van der Waals surface area contributed by atoms with Crippen molar-refractivity contribution in [2.45, 2.75) is 26.8 Å². The Labute approximate surface area is 99.8 Å². The molecule has 0 radical (unpaired) electrons. The molecule has 5 heteroatoms. The Bertz CT molecular complexity index is 387. The van der Waals surface area contributed by atoms with Gasteiger partial charge in [-0.15, -0.1) is 0 Å². The second-order valence-corrected chi connectivity index (χ2v) is 4.66. The zero-order chi connectivity index (χ0) is 10.7. The Hall–Kier alpha value is -0.160. The van der Waals surface area contributed by atoms with Gasteiger partial charge in [0.25, 0.3) is 0 Å². The van der Waals surface area contributed by atoms with Gasteiger partial charge in [0.15, 0.2) is 0 Å². The van der Waals surface area contributed by atoms with Gasteiger partial charge in [-0.05, 0) is 36.2 Å². The molecule has 1 aromatic rings. The van der Waals surface area contributed by atoms with Crippen molar-refractivity contribution in [2.24, 2.45) is 0 Å². The van der Waals surface area contributed by atoms with Crippen molar-refractivity contribution in [3.63, 3.8) is 0 Å². The van der Waals surface area contributed by atoms with Gasteiger partial charge in [0.2, 0.25) is 0 Å². The van der Waals surface area contributed by atoms with Crippen molar-refractivity contribution >= 4 is 31.9 Å². The Morgan fingerprint density at radius 1 is 1.43 bits per heavy atom. The lowest BCUT2D eigenvalue weighted by Crippen LogP contribution is -2.26. The van der Waals surface area contributed by atoms with Gasteiger partial charge in [-0.2, -0.15) is 4.98 Å². The number of aromatic nitrogens is 2. The van der Waals surface area contributed by atoms with Crippen molar-refractivity contribution in [3.05, 3.63) is 26.3 Å². The second kappa shape index (κ2) is 5.07. The summed E-state index contributed by atoms with van der Waals surface area (Å²) in [7, 11) is 0. The number of halogens is 2. The van der Waals surface area contributed by atoms with Crippen LogP contribution in [0.1, 0.15) is 17.8 Å². The lowest BCUT2D eigenvalue weighted by atomic mass is 10.3. The Morgan fingerprint density at radius 3 is 2.64 bits per heavy atom. The summed E-state index contributed by atoms with van der Waals surface area (Å²) in [6, 6.07) is 0. The zero-order valence-corrected chi connectivity index (χ0v) is 11.4. The Kier molecular flexibility index (Phi) is 4.31. The van der Waals surface area contributed by atoms with Gasteiger partial charge in [0.05, 0.1) is 10.2 Å². The molecular formula is C9H12Br2N2O. The minimum absolute atomic E-state index is 0.163. The minimum Gasteiger partial charge on any atom is -0.295 e. The summed E-state index contributed by atoms with van der Waals surface area (Å²) < 4.78 is 2.62. The van der Waals surface area contributed by atoms with Crippen molar-refractivity contribution < 1.29 is 0 Å². The van der Waals surface area contributed by atoms with E-state index < -0.39 is 0 Å². The van der Waals surface area contributed by atoms with Crippen LogP contribution in [-0.4, -0.2) is 14.9 Å². The van der Waals surface area contributed by atoms with Gasteiger partial charge in [-0.25, -0.2) is 4.79 Å². The van der Waals surface area contributed by atoms with Crippen LogP contribution in [0.5, 0.6) is 0 Å². The van der Waals surface area contributed by atoms with Gasteiger partial charge >= 0.3 is 5.69 Å². The van der Waals surface area contributed by atoms with Crippen molar-refractivity contribution in [1.82, 2.24) is 9.55 Å². The van der Waals surface area contributed by atoms with E-state index in [1.54, 1.807) is 4.57 Å². The first-order valence-corrected chi connectivity index (χ1v) is 6.29. The predicted molar refractivity (Wildman–Crippen MR) is 64.1 cm³/mol. The highest BCUT2D eigenvalue weighted by molar-refractivity contribution is 9.10. The average Bonchev–Trinajstić information content (AvgIpc) is 2.14. The molecule has 0 unspecified atom stereocenters. The van der Waals surface area contributed by atoms with E-state index in [-0.39, 0.29) is 5.69 Å².